The third-order valence-electron chi connectivity index (χ3n) is 20.8. The summed E-state index contributed by atoms with van der Waals surface area (Å²) in [5.74, 6) is 4.65. The molecule has 0 radical (unpaired) electrons. The number of nitrogens with one attached hydrogen (secondary N) is 10. The van der Waals surface area contributed by atoms with Crippen molar-refractivity contribution in [3.8, 4) is 50.6 Å². The van der Waals surface area contributed by atoms with Gasteiger partial charge in [-0.15, -0.1) is 0 Å². The van der Waals surface area contributed by atoms with Crippen LogP contribution in [0.2, 0.25) is 0 Å². The molecule has 8 amide bonds. The Labute approximate surface area is 678 Å². The van der Waals surface area contributed by atoms with Crippen molar-refractivity contribution >= 4 is 109 Å². The lowest BCUT2D eigenvalue weighted by molar-refractivity contribution is 0.101. The van der Waals surface area contributed by atoms with Crippen molar-refractivity contribution in [3.63, 3.8) is 0 Å². The molecule has 27 nitrogen and oxygen atoms in total. The number of ketones is 1. The molecule has 2 unspecified atom stereocenters. The minimum Gasteiger partial charge on any atom is -0.353 e. The third kappa shape index (κ3) is 20.6. The van der Waals surface area contributed by atoms with E-state index in [9.17, 15) is 24.0 Å². The van der Waals surface area contributed by atoms with Gasteiger partial charge in [0.25, 0.3) is 0 Å². The number of pyridine rings is 1. The van der Waals surface area contributed by atoms with E-state index in [0.717, 1.165) is 109 Å². The molecule has 0 saturated carbocycles. The maximum Gasteiger partial charge on any atom is 0.323 e. The summed E-state index contributed by atoms with van der Waals surface area (Å²) in [6.45, 7) is 25.0. The predicted molar refractivity (Wildman–Crippen MR) is 465 cm³/mol. The number of anilines is 6. The Hall–Kier alpha value is -14.3. The number of nitrogens with zero attached hydrogens (tertiary/aromatic N) is 12. The van der Waals surface area contributed by atoms with E-state index >= 15 is 0 Å². The highest BCUT2D eigenvalue weighted by Gasteiger charge is 2.26. The summed E-state index contributed by atoms with van der Waals surface area (Å²) < 4.78 is 0. The average molecular weight is 1570 g/mol. The summed E-state index contributed by atoms with van der Waals surface area (Å²) in [7, 11) is 0. The van der Waals surface area contributed by atoms with Crippen molar-refractivity contribution in [1.29, 1.82) is 5.26 Å². The Kier molecular flexibility index (Phi) is 25.9. The monoisotopic (exact) mass is 1560 g/mol. The number of benzene rings is 8. The van der Waals surface area contributed by atoms with Crippen molar-refractivity contribution in [2.75, 3.05) is 96.5 Å². The fraction of sp³-hybridized carbons (Fsp3) is 0.256. The lowest BCUT2D eigenvalue weighted by Gasteiger charge is -2.35. The van der Waals surface area contributed by atoms with Gasteiger partial charge in [0, 0.05) is 111 Å². The molecule has 2 fully saturated rings. The van der Waals surface area contributed by atoms with Crippen LogP contribution in [0, 0.1) is 50.9 Å². The quantitative estimate of drug-likeness (QED) is 0.0379. The number of carbonyl (C=O) groups excluding carboxylic acids is 5. The van der Waals surface area contributed by atoms with E-state index in [0.29, 0.717) is 105 Å². The van der Waals surface area contributed by atoms with Crippen molar-refractivity contribution in [2.24, 2.45) is 11.8 Å². The number of hydrogen-bond acceptors (Lipinski definition) is 15. The Balaban J connectivity index is 0.000000136. The Bertz CT molecular complexity index is 5650. The van der Waals surface area contributed by atoms with E-state index < -0.39 is 0 Å². The van der Waals surface area contributed by atoms with Crippen LogP contribution in [0.5, 0.6) is 0 Å². The highest BCUT2D eigenvalue weighted by molar-refractivity contribution is 6.04. The molecular formula is C90H96N22O5. The normalized spacial score (nSPS) is 13.1. The van der Waals surface area contributed by atoms with Crippen LogP contribution in [0.4, 0.5) is 54.2 Å². The summed E-state index contributed by atoms with van der Waals surface area (Å²) in [5.41, 5.74) is 18.1. The molecule has 596 valence electrons. The summed E-state index contributed by atoms with van der Waals surface area (Å²) in [6, 6.07) is 61.0. The standard InChI is InChI=1S/C25H26N6O.C24H25N7O.C21H24N4O2.C20H21N5O/c1-17-13-18(2)15-20(14-17)19-6-7-21-22(16-19)28-29-24(21)27-25(32)31-11-9-30(10-12-31)23-5-3-4-8-26-23;1-16-12-17(2)14-19(13-16)18-4-5-20-21(15-18)28-29-22(20)27-24(32)31-10-8-30(9-11-31)23-25-6-3-7-26-23;1-4-13(2)12-22-21(27)23-20-18-9-8-17(11-19(18)24-25-20)16-7-5-6-15(10-16)14(3)26;1-3-13(2)12-22-20(26)23-19-17-8-7-16(10-18(17)24-25-19)15-6-4-5-14(9-15)11-21/h3-8,13-16H,9-12H2,1-2H3,(H2,27,28,29,32);3-7,12-15H,8-11H2,1-2H3,(H2,27,28,29,32);5-11,13H,4,12H2,1-3H3,(H3,22,23,24,25,27);4-10,13H,3,12H2,1-2H3,(H3,22,23,24,25,26). The topological polar surface area (TPSA) is 348 Å². The molecule has 10 N–H and O–H groups in total. The van der Waals surface area contributed by atoms with Crippen LogP contribution in [-0.4, -0.2) is 161 Å². The van der Waals surface area contributed by atoms with E-state index in [-0.39, 0.29) is 29.9 Å². The van der Waals surface area contributed by atoms with Crippen LogP contribution in [-0.2, 0) is 0 Å². The number of amides is 8. The number of aryl methyl sites for hydroxylation is 4. The second-order valence-corrected chi connectivity index (χ2v) is 29.7. The minimum atomic E-state index is -0.262. The number of piperazine rings is 2. The molecule has 16 rings (SSSR count). The van der Waals surface area contributed by atoms with E-state index in [1.54, 1.807) is 48.6 Å². The Morgan fingerprint density at radius 2 is 0.795 bits per heavy atom. The first-order valence-electron chi connectivity index (χ1n) is 39.3. The van der Waals surface area contributed by atoms with E-state index in [4.69, 9.17) is 5.26 Å². The van der Waals surface area contributed by atoms with Gasteiger partial charge < -0.3 is 30.2 Å². The maximum absolute atomic E-state index is 12.8. The van der Waals surface area contributed by atoms with Crippen molar-refractivity contribution in [1.82, 2.24) is 76.2 Å². The van der Waals surface area contributed by atoms with Crippen molar-refractivity contribution in [3.05, 3.63) is 234 Å². The van der Waals surface area contributed by atoms with Gasteiger partial charge in [-0.25, -0.2) is 34.1 Å². The molecule has 2 atom stereocenters. The van der Waals surface area contributed by atoms with Gasteiger partial charge in [0.05, 0.1) is 33.7 Å². The van der Waals surface area contributed by atoms with E-state index in [1.165, 1.54) is 33.4 Å². The largest absolute Gasteiger partial charge is 0.353 e. The lowest BCUT2D eigenvalue weighted by atomic mass is 10.00. The zero-order valence-corrected chi connectivity index (χ0v) is 67.1. The van der Waals surface area contributed by atoms with E-state index in [1.807, 2.05) is 108 Å². The molecule has 0 bridgehead atoms. The first-order valence-corrected chi connectivity index (χ1v) is 39.3. The van der Waals surface area contributed by atoms with E-state index in [2.05, 4.69) is 220 Å². The average Bonchev–Trinajstić information content (AvgIpc) is 1.68. The number of Topliss-reactive ketones (excluding diaryl/α,β-unsaturated/α-hetero) is 1. The summed E-state index contributed by atoms with van der Waals surface area (Å²) >= 11 is 0. The van der Waals surface area contributed by atoms with Crippen LogP contribution >= 0.6 is 0 Å². The zero-order chi connectivity index (χ0) is 82.1. The van der Waals surface area contributed by atoms with Gasteiger partial charge in [0.15, 0.2) is 29.1 Å². The first kappa shape index (κ1) is 80.7. The molecule has 2 aliphatic heterocycles. The van der Waals surface area contributed by atoms with Crippen LogP contribution in [0.25, 0.3) is 88.1 Å². The third-order valence-corrected chi connectivity index (χ3v) is 20.8. The van der Waals surface area contributed by atoms with Gasteiger partial charge in [-0.3, -0.25) is 46.5 Å². The van der Waals surface area contributed by atoms with Crippen LogP contribution in [0.3, 0.4) is 0 Å². The smallest absolute Gasteiger partial charge is 0.323 e. The Morgan fingerprint density at radius 3 is 1.20 bits per heavy atom. The fourth-order valence-corrected chi connectivity index (χ4v) is 13.9. The molecule has 6 aromatic heterocycles. The molecule has 8 aromatic carbocycles. The molecule has 8 heterocycles. The number of rotatable bonds is 17. The molecule has 14 aromatic rings. The highest BCUT2D eigenvalue weighted by atomic mass is 16.2. The van der Waals surface area contributed by atoms with Crippen molar-refractivity contribution in [2.45, 2.75) is 75.2 Å². The van der Waals surface area contributed by atoms with Gasteiger partial charge in [-0.1, -0.05) is 160 Å². The lowest BCUT2D eigenvalue weighted by Crippen LogP contribution is -2.50. The fourth-order valence-electron chi connectivity index (χ4n) is 13.9. The molecule has 0 aliphatic carbocycles. The minimum absolute atomic E-state index is 0.0364. The number of urea groups is 4. The molecule has 117 heavy (non-hydrogen) atoms. The number of aromatic amines is 4. The maximum atomic E-state index is 12.8. The number of H-pyrrole nitrogens is 4. The molecule has 0 spiro atoms. The molecule has 27 heteroatoms. The molecule has 2 saturated heterocycles. The van der Waals surface area contributed by atoms with Crippen LogP contribution in [0.1, 0.15) is 85.6 Å². The SMILES string of the molecule is CCC(C)CNC(=O)Nc1n[nH]c2cc(-c3cccc(C#N)c3)ccc12.CCC(C)CNC(=O)Nc1n[nH]c2cc(-c3cccc(C(C)=O)c3)ccc12.Cc1cc(C)cc(-c2ccc3c(NC(=O)N4CCN(c5ccccn5)CC4)n[nH]c3c2)c1.Cc1cc(C)cc(-c2ccc3c(NC(=O)N4CCN(c5ncccn5)CC4)n[nH]c3c2)c1. The summed E-state index contributed by atoms with van der Waals surface area (Å²) in [5, 5.41) is 58.9. The van der Waals surface area contributed by atoms with Crippen molar-refractivity contribution < 1.29 is 24.0 Å². The molecular weight excluding hydrogens is 1470 g/mol. The van der Waals surface area contributed by atoms with Gasteiger partial charge >= 0.3 is 24.1 Å². The van der Waals surface area contributed by atoms with Crippen LogP contribution in [0.15, 0.2) is 201 Å². The number of aromatic nitrogens is 11. The second-order valence-electron chi connectivity index (χ2n) is 29.7. The number of nitriles is 1. The number of fused-ring (bicyclic) bond motifs is 4. The zero-order valence-electron chi connectivity index (χ0n) is 67.1. The van der Waals surface area contributed by atoms with Crippen LogP contribution < -0.4 is 41.7 Å². The molecule has 2 aliphatic rings. The number of carbonyl (C=O) groups is 5. The van der Waals surface area contributed by atoms with Gasteiger partial charge in [0.1, 0.15) is 5.82 Å². The van der Waals surface area contributed by atoms with Gasteiger partial charge in [-0.05, 0) is 176 Å². The number of hydrogen-bond donors (Lipinski definition) is 10. The second kappa shape index (κ2) is 37.6. The highest BCUT2D eigenvalue weighted by Crippen LogP contribution is 2.34. The van der Waals surface area contributed by atoms with Gasteiger partial charge in [-0.2, -0.15) is 25.7 Å². The Morgan fingerprint density at radius 1 is 0.410 bits per heavy atom. The summed E-state index contributed by atoms with van der Waals surface area (Å²) in [6.07, 6.45) is 7.29. The first-order chi connectivity index (χ1) is 56.7. The van der Waals surface area contributed by atoms with Gasteiger partial charge in [0.2, 0.25) is 5.95 Å². The summed E-state index contributed by atoms with van der Waals surface area (Å²) in [4.78, 5) is 82.2. The predicted octanol–water partition coefficient (Wildman–Crippen LogP) is 17.5.